The number of hydrogen-bond acceptors (Lipinski definition) is 5. The van der Waals surface area contributed by atoms with Crippen molar-refractivity contribution in [3.8, 4) is 5.75 Å². The third-order valence-electron chi connectivity index (χ3n) is 5.11. The normalized spacial score (nSPS) is 15.3. The van der Waals surface area contributed by atoms with Crippen molar-refractivity contribution in [2.24, 2.45) is 5.92 Å². The van der Waals surface area contributed by atoms with Gasteiger partial charge < -0.3 is 14.8 Å². The van der Waals surface area contributed by atoms with Gasteiger partial charge in [-0.2, -0.15) is 0 Å². The molecular formula is C23H27Cl2NO4S. The van der Waals surface area contributed by atoms with Crippen molar-refractivity contribution in [3.05, 3.63) is 44.2 Å². The highest BCUT2D eigenvalue weighted by molar-refractivity contribution is 7.17. The number of hydrogen-bond donors (Lipinski definition) is 1. The Morgan fingerprint density at radius 1 is 1.26 bits per heavy atom. The first-order chi connectivity index (χ1) is 14.9. The fourth-order valence-electron chi connectivity index (χ4n) is 3.52. The van der Waals surface area contributed by atoms with E-state index in [0.29, 0.717) is 51.9 Å². The van der Waals surface area contributed by atoms with Crippen LogP contribution >= 0.6 is 34.5 Å². The van der Waals surface area contributed by atoms with Crippen LogP contribution in [0.4, 0.5) is 5.00 Å². The van der Waals surface area contributed by atoms with Crippen LogP contribution in [0.15, 0.2) is 18.2 Å². The molecule has 31 heavy (non-hydrogen) atoms. The second-order valence-electron chi connectivity index (χ2n) is 7.77. The van der Waals surface area contributed by atoms with E-state index in [9.17, 15) is 9.59 Å². The molecule has 3 rings (SSSR count). The van der Waals surface area contributed by atoms with E-state index in [1.54, 1.807) is 18.2 Å². The summed E-state index contributed by atoms with van der Waals surface area (Å²) in [5.74, 6) is 0.616. The Balaban J connectivity index is 1.60. The summed E-state index contributed by atoms with van der Waals surface area (Å²) < 4.78 is 11.0. The number of benzene rings is 1. The molecule has 0 saturated carbocycles. The number of ether oxygens (including phenoxy) is 2. The maximum Gasteiger partial charge on any atom is 0.341 e. The molecule has 0 aliphatic heterocycles. The van der Waals surface area contributed by atoms with Crippen LogP contribution in [0.1, 0.15) is 60.3 Å². The Bertz CT molecular complexity index is 944. The largest absolute Gasteiger partial charge is 0.492 e. The minimum Gasteiger partial charge on any atom is -0.492 e. The van der Waals surface area contributed by atoms with Gasteiger partial charge in [0.05, 0.1) is 23.8 Å². The van der Waals surface area contributed by atoms with Crippen LogP contribution in [0.5, 0.6) is 5.75 Å². The van der Waals surface area contributed by atoms with Crippen molar-refractivity contribution >= 4 is 51.4 Å². The van der Waals surface area contributed by atoms with Gasteiger partial charge in [-0.15, -0.1) is 11.3 Å². The van der Waals surface area contributed by atoms with Gasteiger partial charge in [-0.3, -0.25) is 4.79 Å². The molecule has 1 unspecified atom stereocenters. The topological polar surface area (TPSA) is 64.6 Å². The number of nitrogens with one attached hydrogen (secondary N) is 1. The summed E-state index contributed by atoms with van der Waals surface area (Å²) in [5, 5.41) is 4.52. The summed E-state index contributed by atoms with van der Waals surface area (Å²) in [6, 6.07) is 5.02. The molecule has 1 aromatic heterocycles. The maximum atomic E-state index is 12.7. The zero-order valence-electron chi connectivity index (χ0n) is 17.8. The SMILES string of the molecule is CCCOC(=O)c1c(NC(=O)CCCOc2ccc(Cl)cc2Cl)sc2c1CCC(C)C2. The first-order valence-corrected chi connectivity index (χ1v) is 12.2. The van der Waals surface area contributed by atoms with Crippen LogP contribution in [0.3, 0.4) is 0 Å². The lowest BCUT2D eigenvalue weighted by molar-refractivity contribution is -0.116. The molecule has 1 amide bonds. The zero-order valence-corrected chi connectivity index (χ0v) is 20.1. The van der Waals surface area contributed by atoms with E-state index < -0.39 is 0 Å². The standard InChI is InChI=1S/C23H27Cl2NO4S/c1-3-10-30-23(28)21-16-8-6-14(2)12-19(16)31-22(21)26-20(27)5-4-11-29-18-9-7-15(24)13-17(18)25/h7,9,13-14H,3-6,8,10-12H2,1-2H3,(H,26,27). The average Bonchev–Trinajstić information content (AvgIpc) is 3.07. The molecule has 8 heteroatoms. The first kappa shape index (κ1) is 23.9. The van der Waals surface area contributed by atoms with Gasteiger partial charge in [0, 0.05) is 16.3 Å². The molecule has 0 saturated heterocycles. The van der Waals surface area contributed by atoms with Gasteiger partial charge in [0.25, 0.3) is 0 Å². The summed E-state index contributed by atoms with van der Waals surface area (Å²) in [7, 11) is 0. The van der Waals surface area contributed by atoms with Gasteiger partial charge in [-0.25, -0.2) is 4.79 Å². The Morgan fingerprint density at radius 2 is 2.06 bits per heavy atom. The minimum atomic E-state index is -0.343. The lowest BCUT2D eigenvalue weighted by atomic mass is 9.88. The lowest BCUT2D eigenvalue weighted by Gasteiger charge is -2.18. The summed E-state index contributed by atoms with van der Waals surface area (Å²) in [6.45, 7) is 4.89. The molecule has 2 aromatic rings. The van der Waals surface area contributed by atoms with Crippen molar-refractivity contribution in [1.82, 2.24) is 0 Å². The van der Waals surface area contributed by atoms with E-state index in [2.05, 4.69) is 12.2 Å². The maximum absolute atomic E-state index is 12.7. The van der Waals surface area contributed by atoms with Crippen LogP contribution in [0.25, 0.3) is 0 Å². The van der Waals surface area contributed by atoms with E-state index in [0.717, 1.165) is 31.2 Å². The number of esters is 1. The van der Waals surface area contributed by atoms with Crippen LogP contribution < -0.4 is 10.1 Å². The van der Waals surface area contributed by atoms with Crippen molar-refractivity contribution in [1.29, 1.82) is 0 Å². The number of thiophene rings is 1. The van der Waals surface area contributed by atoms with Crippen LogP contribution in [0, 0.1) is 5.92 Å². The number of halogens is 2. The van der Waals surface area contributed by atoms with E-state index >= 15 is 0 Å². The molecule has 1 atom stereocenters. The molecule has 0 radical (unpaired) electrons. The van der Waals surface area contributed by atoms with Gasteiger partial charge >= 0.3 is 5.97 Å². The van der Waals surface area contributed by atoms with Gasteiger partial charge in [0.1, 0.15) is 10.8 Å². The minimum absolute atomic E-state index is 0.151. The third-order valence-corrected chi connectivity index (χ3v) is 6.81. The number of fused-ring (bicyclic) bond motifs is 1. The molecule has 1 N–H and O–H groups in total. The summed E-state index contributed by atoms with van der Waals surface area (Å²) in [6.07, 6.45) is 4.36. The van der Waals surface area contributed by atoms with Gasteiger partial charge in [0.2, 0.25) is 5.91 Å². The highest BCUT2D eigenvalue weighted by Gasteiger charge is 2.29. The zero-order chi connectivity index (χ0) is 22.4. The van der Waals surface area contributed by atoms with Crippen molar-refractivity contribution in [2.75, 3.05) is 18.5 Å². The number of carbonyl (C=O) groups excluding carboxylic acids is 2. The summed E-state index contributed by atoms with van der Waals surface area (Å²) >= 11 is 13.5. The lowest BCUT2D eigenvalue weighted by Crippen LogP contribution is -2.17. The number of amides is 1. The van der Waals surface area contributed by atoms with Crippen molar-refractivity contribution < 1.29 is 19.1 Å². The molecule has 1 aromatic carbocycles. The molecular weight excluding hydrogens is 457 g/mol. The summed E-state index contributed by atoms with van der Waals surface area (Å²) in [5.41, 5.74) is 1.58. The first-order valence-electron chi connectivity index (χ1n) is 10.6. The van der Waals surface area contributed by atoms with Crippen molar-refractivity contribution in [2.45, 2.75) is 52.4 Å². The molecule has 1 aliphatic carbocycles. The number of anilines is 1. The molecule has 0 bridgehead atoms. The van der Waals surface area contributed by atoms with Crippen LogP contribution in [-0.4, -0.2) is 25.1 Å². The van der Waals surface area contributed by atoms with Gasteiger partial charge in [-0.05, 0) is 61.8 Å². The second-order valence-corrected chi connectivity index (χ2v) is 9.72. The van der Waals surface area contributed by atoms with E-state index in [4.69, 9.17) is 32.7 Å². The van der Waals surface area contributed by atoms with Gasteiger partial charge in [-0.1, -0.05) is 37.0 Å². The fourth-order valence-corrected chi connectivity index (χ4v) is 5.40. The third kappa shape index (κ3) is 6.37. The second kappa shape index (κ2) is 11.2. The summed E-state index contributed by atoms with van der Waals surface area (Å²) in [4.78, 5) is 26.4. The Hall–Kier alpha value is -1.76. The average molecular weight is 484 g/mol. The molecule has 5 nitrogen and oxygen atoms in total. The molecule has 168 valence electrons. The fraction of sp³-hybridized carbons (Fsp3) is 0.478. The van der Waals surface area contributed by atoms with Gasteiger partial charge in [0.15, 0.2) is 0 Å². The number of carbonyl (C=O) groups is 2. The quantitative estimate of drug-likeness (QED) is 0.324. The Kier molecular flexibility index (Phi) is 8.64. The smallest absolute Gasteiger partial charge is 0.341 e. The highest BCUT2D eigenvalue weighted by Crippen LogP contribution is 2.40. The highest BCUT2D eigenvalue weighted by atomic mass is 35.5. The van der Waals surface area contributed by atoms with E-state index in [1.165, 1.54) is 16.2 Å². The van der Waals surface area contributed by atoms with Crippen LogP contribution in [-0.2, 0) is 22.4 Å². The van der Waals surface area contributed by atoms with E-state index in [-0.39, 0.29) is 18.3 Å². The molecule has 1 heterocycles. The Labute approximate surface area is 197 Å². The monoisotopic (exact) mass is 483 g/mol. The predicted molar refractivity (Wildman–Crippen MR) is 126 cm³/mol. The van der Waals surface area contributed by atoms with Crippen molar-refractivity contribution in [3.63, 3.8) is 0 Å². The molecule has 1 aliphatic rings. The van der Waals surface area contributed by atoms with E-state index in [1.807, 2.05) is 6.92 Å². The molecule has 0 fully saturated rings. The molecule has 0 spiro atoms. The number of rotatable bonds is 9. The van der Waals surface area contributed by atoms with Crippen LogP contribution in [0.2, 0.25) is 10.0 Å². The predicted octanol–water partition coefficient (Wildman–Crippen LogP) is 6.54. The Morgan fingerprint density at radius 3 is 2.81 bits per heavy atom.